The molecule has 90 valence electrons. The molecular weight excluding hydrogens is 216 g/mol. The smallest absolute Gasteiger partial charge is 0.320 e. The van der Waals surface area contributed by atoms with Crippen LogP contribution in [0.15, 0.2) is 30.3 Å². The number of ether oxygens (including phenoxy) is 1. The van der Waals surface area contributed by atoms with Crippen molar-refractivity contribution in [3.05, 3.63) is 35.9 Å². The third-order valence-electron chi connectivity index (χ3n) is 2.20. The Kier molecular flexibility index (Phi) is 5.76. The van der Waals surface area contributed by atoms with Crippen LogP contribution in [0.25, 0.3) is 0 Å². The van der Waals surface area contributed by atoms with Gasteiger partial charge in [0.05, 0.1) is 25.8 Å². The Morgan fingerprint density at radius 2 is 2.12 bits per heavy atom. The van der Waals surface area contributed by atoms with Crippen LogP contribution in [0.5, 0.6) is 0 Å². The summed E-state index contributed by atoms with van der Waals surface area (Å²) in [5, 5.41) is 8.71. The Morgan fingerprint density at radius 1 is 1.41 bits per heavy atom. The first-order valence-corrected chi connectivity index (χ1v) is 5.55. The molecule has 4 heteroatoms. The molecule has 0 radical (unpaired) electrons. The Balaban J connectivity index is 2.55. The second-order valence-electron chi connectivity index (χ2n) is 3.59. The highest BCUT2D eigenvalue weighted by molar-refractivity contribution is 5.71. The van der Waals surface area contributed by atoms with E-state index in [0.29, 0.717) is 13.2 Å². The maximum atomic E-state index is 11.3. The number of hydrogen-bond acceptors (Lipinski definition) is 4. The highest BCUT2D eigenvalue weighted by Crippen LogP contribution is 2.04. The lowest BCUT2D eigenvalue weighted by Crippen LogP contribution is -2.31. The number of hydrogen-bond donors (Lipinski definition) is 0. The van der Waals surface area contributed by atoms with Crippen molar-refractivity contribution >= 4 is 5.97 Å². The lowest BCUT2D eigenvalue weighted by Gasteiger charge is -2.17. The zero-order valence-corrected chi connectivity index (χ0v) is 9.93. The molecule has 1 aromatic rings. The van der Waals surface area contributed by atoms with E-state index in [9.17, 15) is 4.79 Å². The van der Waals surface area contributed by atoms with Crippen LogP contribution in [0.2, 0.25) is 0 Å². The molecule has 0 N–H and O–H groups in total. The summed E-state index contributed by atoms with van der Waals surface area (Å²) in [6.07, 6.45) is 0. The molecule has 17 heavy (non-hydrogen) atoms. The number of benzene rings is 1. The largest absolute Gasteiger partial charge is 0.465 e. The van der Waals surface area contributed by atoms with Crippen LogP contribution in [0.4, 0.5) is 0 Å². The molecule has 1 rings (SSSR count). The van der Waals surface area contributed by atoms with Gasteiger partial charge < -0.3 is 4.74 Å². The third kappa shape index (κ3) is 5.14. The molecule has 0 amide bonds. The standard InChI is InChI=1S/C13H16N2O2/c1-2-17-13(16)11-15(9-8-14)10-12-6-4-3-5-7-12/h3-7H,2,9-11H2,1H3. The van der Waals surface area contributed by atoms with Gasteiger partial charge in [-0.1, -0.05) is 30.3 Å². The molecule has 0 heterocycles. The number of nitrogens with zero attached hydrogens (tertiary/aromatic N) is 2. The molecule has 0 aliphatic heterocycles. The summed E-state index contributed by atoms with van der Waals surface area (Å²) in [7, 11) is 0. The SMILES string of the molecule is CCOC(=O)CN(CC#N)Cc1ccccc1. The average Bonchev–Trinajstić information content (AvgIpc) is 2.31. The fourth-order valence-corrected chi connectivity index (χ4v) is 1.50. The van der Waals surface area contributed by atoms with Crippen molar-refractivity contribution in [3.63, 3.8) is 0 Å². The summed E-state index contributed by atoms with van der Waals surface area (Å²) >= 11 is 0. The maximum absolute atomic E-state index is 11.3. The molecule has 0 saturated carbocycles. The van der Waals surface area contributed by atoms with E-state index in [-0.39, 0.29) is 19.1 Å². The van der Waals surface area contributed by atoms with Gasteiger partial charge in [0.25, 0.3) is 0 Å². The number of esters is 1. The number of carbonyl (C=O) groups is 1. The van der Waals surface area contributed by atoms with Crippen molar-refractivity contribution in [2.45, 2.75) is 13.5 Å². The van der Waals surface area contributed by atoms with Gasteiger partial charge in [-0.15, -0.1) is 0 Å². The number of rotatable bonds is 6. The Morgan fingerprint density at radius 3 is 2.71 bits per heavy atom. The van der Waals surface area contributed by atoms with Gasteiger partial charge in [-0.2, -0.15) is 5.26 Å². The zero-order valence-electron chi connectivity index (χ0n) is 9.93. The van der Waals surface area contributed by atoms with Crippen molar-refractivity contribution in [2.24, 2.45) is 0 Å². The van der Waals surface area contributed by atoms with E-state index < -0.39 is 0 Å². The van der Waals surface area contributed by atoms with E-state index in [4.69, 9.17) is 10.00 Å². The minimum atomic E-state index is -0.293. The molecule has 0 atom stereocenters. The fourth-order valence-electron chi connectivity index (χ4n) is 1.50. The van der Waals surface area contributed by atoms with E-state index in [1.807, 2.05) is 30.3 Å². The molecule has 0 unspecified atom stereocenters. The number of carbonyl (C=O) groups excluding carboxylic acids is 1. The normalized spacial score (nSPS) is 9.94. The van der Waals surface area contributed by atoms with Gasteiger partial charge in [-0.25, -0.2) is 0 Å². The topological polar surface area (TPSA) is 53.3 Å². The highest BCUT2D eigenvalue weighted by Gasteiger charge is 2.11. The fraction of sp³-hybridized carbons (Fsp3) is 0.385. The average molecular weight is 232 g/mol. The summed E-state index contributed by atoms with van der Waals surface area (Å²) in [5.41, 5.74) is 1.08. The molecule has 0 saturated heterocycles. The lowest BCUT2D eigenvalue weighted by molar-refractivity contribution is -0.144. The Bertz CT molecular complexity index is 384. The van der Waals surface area contributed by atoms with Crippen molar-refractivity contribution in [1.82, 2.24) is 4.90 Å². The zero-order chi connectivity index (χ0) is 12.5. The summed E-state index contributed by atoms with van der Waals surface area (Å²) in [5.74, 6) is -0.293. The minimum absolute atomic E-state index is 0.149. The van der Waals surface area contributed by atoms with Crippen molar-refractivity contribution < 1.29 is 9.53 Å². The summed E-state index contributed by atoms with van der Waals surface area (Å²) in [6, 6.07) is 11.8. The van der Waals surface area contributed by atoms with Gasteiger partial charge in [0.15, 0.2) is 0 Å². The first kappa shape index (κ1) is 13.2. The lowest BCUT2D eigenvalue weighted by atomic mass is 10.2. The van der Waals surface area contributed by atoms with Crippen molar-refractivity contribution in [2.75, 3.05) is 19.7 Å². The first-order valence-electron chi connectivity index (χ1n) is 5.55. The van der Waals surface area contributed by atoms with E-state index >= 15 is 0 Å². The maximum Gasteiger partial charge on any atom is 0.320 e. The van der Waals surface area contributed by atoms with Gasteiger partial charge in [-0.3, -0.25) is 9.69 Å². The molecular formula is C13H16N2O2. The molecule has 1 aromatic carbocycles. The monoisotopic (exact) mass is 232 g/mol. The van der Waals surface area contributed by atoms with Crippen LogP contribution in [-0.4, -0.2) is 30.6 Å². The van der Waals surface area contributed by atoms with Crippen LogP contribution in [0, 0.1) is 11.3 Å². The quantitative estimate of drug-likeness (QED) is 0.552. The predicted octanol–water partition coefficient (Wildman–Crippen LogP) is 1.58. The van der Waals surface area contributed by atoms with Crippen LogP contribution < -0.4 is 0 Å². The first-order chi connectivity index (χ1) is 8.26. The minimum Gasteiger partial charge on any atom is -0.465 e. The molecule has 4 nitrogen and oxygen atoms in total. The van der Waals surface area contributed by atoms with E-state index in [2.05, 4.69) is 6.07 Å². The van der Waals surface area contributed by atoms with Gasteiger partial charge in [0.1, 0.15) is 0 Å². The molecule has 0 aliphatic rings. The second-order valence-corrected chi connectivity index (χ2v) is 3.59. The van der Waals surface area contributed by atoms with Gasteiger partial charge >= 0.3 is 5.97 Å². The van der Waals surface area contributed by atoms with E-state index in [1.165, 1.54) is 0 Å². The molecule has 0 aromatic heterocycles. The van der Waals surface area contributed by atoms with Gasteiger partial charge in [-0.05, 0) is 12.5 Å². The van der Waals surface area contributed by atoms with Crippen LogP contribution in [-0.2, 0) is 16.1 Å². The van der Waals surface area contributed by atoms with E-state index in [1.54, 1.807) is 11.8 Å². The Hall–Kier alpha value is -1.86. The van der Waals surface area contributed by atoms with Crippen LogP contribution in [0.3, 0.4) is 0 Å². The van der Waals surface area contributed by atoms with Crippen molar-refractivity contribution in [1.29, 1.82) is 5.26 Å². The third-order valence-corrected chi connectivity index (χ3v) is 2.20. The highest BCUT2D eigenvalue weighted by atomic mass is 16.5. The summed E-state index contributed by atoms with van der Waals surface area (Å²) in [6.45, 7) is 3.07. The molecule has 0 bridgehead atoms. The second kappa shape index (κ2) is 7.42. The predicted molar refractivity (Wildman–Crippen MR) is 64.0 cm³/mol. The van der Waals surface area contributed by atoms with Gasteiger partial charge in [0.2, 0.25) is 0 Å². The molecule has 0 fully saturated rings. The van der Waals surface area contributed by atoms with Crippen LogP contribution >= 0.6 is 0 Å². The van der Waals surface area contributed by atoms with Crippen molar-refractivity contribution in [3.8, 4) is 6.07 Å². The Labute approximate surface area is 101 Å². The summed E-state index contributed by atoms with van der Waals surface area (Å²) < 4.78 is 4.87. The number of nitriles is 1. The van der Waals surface area contributed by atoms with Gasteiger partial charge in [0, 0.05) is 6.54 Å². The molecule has 0 spiro atoms. The van der Waals surface area contributed by atoms with E-state index in [0.717, 1.165) is 5.56 Å². The summed E-state index contributed by atoms with van der Waals surface area (Å²) in [4.78, 5) is 13.1. The van der Waals surface area contributed by atoms with Crippen LogP contribution in [0.1, 0.15) is 12.5 Å². The molecule has 0 aliphatic carbocycles.